The first-order chi connectivity index (χ1) is 9.27. The minimum absolute atomic E-state index is 0. The molecule has 0 aliphatic heterocycles. The van der Waals surface area contributed by atoms with Gasteiger partial charge in [-0.3, -0.25) is 4.68 Å². The van der Waals surface area contributed by atoms with E-state index >= 15 is 0 Å². The maximum Gasteiger partial charge on any atom is 0.0493 e. The van der Waals surface area contributed by atoms with Gasteiger partial charge in [-0.2, -0.15) is 17.2 Å². The van der Waals surface area contributed by atoms with Crippen LogP contribution in [0.1, 0.15) is 11.1 Å². The average molecular weight is 441 g/mol. The van der Waals surface area contributed by atoms with E-state index in [9.17, 15) is 0 Å². The maximum atomic E-state index is 4.53. The summed E-state index contributed by atoms with van der Waals surface area (Å²) in [6.45, 7) is 4.20. The standard InChI is InChI=1S/C16H14N3.Ir/c1-12-6-3-7-13(2)15(12)16-14(8-4-9-17-16)19-11-5-10-18-19;/h3-7,9-11H,1-2H3;/q-1;. The molecule has 0 unspecified atom stereocenters. The van der Waals surface area contributed by atoms with Crippen LogP contribution in [0.5, 0.6) is 0 Å². The Morgan fingerprint density at radius 1 is 1.05 bits per heavy atom. The number of hydrogen-bond acceptors (Lipinski definition) is 2. The summed E-state index contributed by atoms with van der Waals surface area (Å²) >= 11 is 0. The van der Waals surface area contributed by atoms with Gasteiger partial charge in [0.05, 0.1) is 0 Å². The molecule has 1 aromatic carbocycles. The third-order valence-electron chi connectivity index (χ3n) is 3.17. The van der Waals surface area contributed by atoms with Crippen molar-refractivity contribution in [3.63, 3.8) is 0 Å². The van der Waals surface area contributed by atoms with Gasteiger partial charge in [-0.05, 0) is 36.9 Å². The molecule has 0 saturated heterocycles. The molecule has 0 bridgehead atoms. The van der Waals surface area contributed by atoms with Gasteiger partial charge in [0.15, 0.2) is 0 Å². The molecule has 0 aliphatic rings. The van der Waals surface area contributed by atoms with E-state index in [-0.39, 0.29) is 20.1 Å². The van der Waals surface area contributed by atoms with E-state index in [2.05, 4.69) is 48.2 Å². The molecule has 0 amide bonds. The molecule has 2 heterocycles. The molecule has 3 aromatic rings. The number of benzene rings is 1. The van der Waals surface area contributed by atoms with E-state index in [1.165, 1.54) is 11.1 Å². The summed E-state index contributed by atoms with van der Waals surface area (Å²) in [4.78, 5) is 4.53. The Balaban J connectivity index is 0.00000147. The van der Waals surface area contributed by atoms with Crippen molar-refractivity contribution < 1.29 is 20.1 Å². The first-order valence-corrected chi connectivity index (χ1v) is 6.20. The van der Waals surface area contributed by atoms with Crippen molar-refractivity contribution in [2.24, 2.45) is 0 Å². The van der Waals surface area contributed by atoms with E-state index in [1.54, 1.807) is 17.1 Å². The van der Waals surface area contributed by atoms with Gasteiger partial charge in [0.1, 0.15) is 0 Å². The van der Waals surface area contributed by atoms with Crippen molar-refractivity contribution in [2.45, 2.75) is 13.8 Å². The van der Waals surface area contributed by atoms with E-state index in [0.717, 1.165) is 16.9 Å². The largest absolute Gasteiger partial charge is 0.381 e. The summed E-state index contributed by atoms with van der Waals surface area (Å²) in [5, 5.41) is 4.28. The number of aryl methyl sites for hydroxylation is 2. The maximum absolute atomic E-state index is 4.53. The predicted molar refractivity (Wildman–Crippen MR) is 75.1 cm³/mol. The van der Waals surface area contributed by atoms with Crippen molar-refractivity contribution in [1.82, 2.24) is 14.8 Å². The van der Waals surface area contributed by atoms with Gasteiger partial charge < -0.3 is 4.98 Å². The monoisotopic (exact) mass is 441 g/mol. The molecule has 3 rings (SSSR count). The second kappa shape index (κ2) is 6.12. The predicted octanol–water partition coefficient (Wildman–Crippen LogP) is 3.35. The number of nitrogens with zero attached hydrogens (tertiary/aromatic N) is 3. The SMILES string of the molecule is Cc1cccc(C)c1-c1ncc[c-]c1-n1cccn1.[Ir]. The van der Waals surface area contributed by atoms with Gasteiger partial charge >= 0.3 is 0 Å². The quantitative estimate of drug-likeness (QED) is 0.573. The number of rotatable bonds is 2. The Kier molecular flexibility index (Phi) is 4.48. The molecule has 0 N–H and O–H groups in total. The summed E-state index contributed by atoms with van der Waals surface area (Å²) in [5.41, 5.74) is 5.37. The van der Waals surface area contributed by atoms with Crippen molar-refractivity contribution in [1.29, 1.82) is 0 Å². The second-order valence-corrected chi connectivity index (χ2v) is 4.50. The molecule has 3 nitrogen and oxygen atoms in total. The fourth-order valence-electron chi connectivity index (χ4n) is 2.30. The van der Waals surface area contributed by atoms with Gasteiger partial charge in [-0.15, -0.1) is 0 Å². The van der Waals surface area contributed by atoms with Gasteiger partial charge in [-0.1, -0.05) is 35.5 Å². The zero-order valence-corrected chi connectivity index (χ0v) is 13.7. The smallest absolute Gasteiger partial charge is 0.0493 e. The topological polar surface area (TPSA) is 30.7 Å². The molecule has 2 aromatic heterocycles. The van der Waals surface area contributed by atoms with Crippen LogP contribution in [0.4, 0.5) is 0 Å². The molecular formula is C16H14IrN3-. The third-order valence-corrected chi connectivity index (χ3v) is 3.17. The molecule has 4 heteroatoms. The third kappa shape index (κ3) is 2.58. The van der Waals surface area contributed by atoms with Gasteiger partial charge in [0.2, 0.25) is 0 Å². The summed E-state index contributed by atoms with van der Waals surface area (Å²) in [6, 6.07) is 13.2. The summed E-state index contributed by atoms with van der Waals surface area (Å²) < 4.78 is 1.80. The van der Waals surface area contributed by atoms with Crippen LogP contribution >= 0.6 is 0 Å². The zero-order chi connectivity index (χ0) is 13.2. The van der Waals surface area contributed by atoms with Crippen LogP contribution in [0.25, 0.3) is 16.9 Å². The Morgan fingerprint density at radius 2 is 1.80 bits per heavy atom. The Morgan fingerprint density at radius 3 is 2.45 bits per heavy atom. The van der Waals surface area contributed by atoms with Gasteiger partial charge in [0, 0.05) is 32.5 Å². The van der Waals surface area contributed by atoms with Crippen LogP contribution in [0.15, 0.2) is 48.9 Å². The molecule has 0 saturated carbocycles. The van der Waals surface area contributed by atoms with E-state index < -0.39 is 0 Å². The average Bonchev–Trinajstić information content (AvgIpc) is 2.93. The summed E-state index contributed by atoms with van der Waals surface area (Å²) in [7, 11) is 0. The van der Waals surface area contributed by atoms with Crippen molar-refractivity contribution >= 4 is 0 Å². The number of pyridine rings is 1. The fraction of sp³-hybridized carbons (Fsp3) is 0.125. The van der Waals surface area contributed by atoms with Crippen molar-refractivity contribution in [2.75, 3.05) is 0 Å². The fourth-order valence-corrected chi connectivity index (χ4v) is 2.30. The molecule has 103 valence electrons. The van der Waals surface area contributed by atoms with Gasteiger partial charge in [-0.25, -0.2) is 0 Å². The van der Waals surface area contributed by atoms with Crippen LogP contribution in [0.3, 0.4) is 0 Å². The molecule has 20 heavy (non-hydrogen) atoms. The van der Waals surface area contributed by atoms with E-state index in [0.29, 0.717) is 0 Å². The molecule has 0 fully saturated rings. The van der Waals surface area contributed by atoms with Crippen LogP contribution < -0.4 is 0 Å². The molecule has 1 radical (unpaired) electrons. The number of aromatic nitrogens is 3. The molecule has 0 atom stereocenters. The Bertz CT molecular complexity index is 685. The second-order valence-electron chi connectivity index (χ2n) is 4.50. The van der Waals surface area contributed by atoms with Crippen molar-refractivity contribution in [3.8, 4) is 16.9 Å². The normalized spacial score (nSPS) is 10.1. The summed E-state index contributed by atoms with van der Waals surface area (Å²) in [5.74, 6) is 0. The number of hydrogen-bond donors (Lipinski definition) is 0. The summed E-state index contributed by atoms with van der Waals surface area (Å²) in [6.07, 6.45) is 5.44. The Labute approximate surface area is 132 Å². The molecule has 0 spiro atoms. The van der Waals surface area contributed by atoms with E-state index in [4.69, 9.17) is 0 Å². The molecular weight excluding hydrogens is 426 g/mol. The zero-order valence-electron chi connectivity index (χ0n) is 11.3. The van der Waals surface area contributed by atoms with Crippen LogP contribution in [-0.4, -0.2) is 14.8 Å². The molecule has 0 aliphatic carbocycles. The minimum Gasteiger partial charge on any atom is -0.381 e. The Hall–Kier alpha value is -1.77. The van der Waals surface area contributed by atoms with Crippen molar-refractivity contribution in [3.05, 3.63) is 66.1 Å². The van der Waals surface area contributed by atoms with Crippen LogP contribution in [0.2, 0.25) is 0 Å². The van der Waals surface area contributed by atoms with E-state index in [1.807, 2.05) is 18.3 Å². The first-order valence-electron chi connectivity index (χ1n) is 6.20. The van der Waals surface area contributed by atoms with Crippen LogP contribution in [0, 0.1) is 19.9 Å². The van der Waals surface area contributed by atoms with Gasteiger partial charge in [0.25, 0.3) is 0 Å². The minimum atomic E-state index is 0. The van der Waals surface area contributed by atoms with Crippen LogP contribution in [-0.2, 0) is 20.1 Å². The first kappa shape index (κ1) is 14.6.